The van der Waals surface area contributed by atoms with Gasteiger partial charge in [0.1, 0.15) is 0 Å². The summed E-state index contributed by atoms with van der Waals surface area (Å²) in [7, 11) is -3.57. The van der Waals surface area contributed by atoms with Crippen LogP contribution in [0.15, 0.2) is 4.52 Å². The topological polar surface area (TPSA) is 97.6 Å². The number of ether oxygens (including phenoxy) is 1. The molecule has 0 radical (unpaired) electrons. The van der Waals surface area contributed by atoms with E-state index >= 15 is 0 Å². The first-order valence-electron chi connectivity index (χ1n) is 6.59. The van der Waals surface area contributed by atoms with Crippen molar-refractivity contribution in [2.45, 2.75) is 32.7 Å². The summed E-state index contributed by atoms with van der Waals surface area (Å²) in [5.41, 5.74) is 0. The molecule has 2 heterocycles. The van der Waals surface area contributed by atoms with E-state index in [1.54, 1.807) is 6.92 Å². The highest BCUT2D eigenvalue weighted by Gasteiger charge is 2.28. The minimum atomic E-state index is -3.57. The zero-order chi connectivity index (χ0) is 14.8. The van der Waals surface area contributed by atoms with Crippen LogP contribution in [0.2, 0.25) is 0 Å². The predicted molar refractivity (Wildman–Crippen MR) is 71.2 cm³/mol. The molecule has 1 N–H and O–H groups in total. The Bertz CT molecular complexity index is 536. The van der Waals surface area contributed by atoms with E-state index in [2.05, 4.69) is 14.9 Å². The van der Waals surface area contributed by atoms with Crippen LogP contribution in [0.4, 0.5) is 0 Å². The van der Waals surface area contributed by atoms with Gasteiger partial charge in [-0.2, -0.15) is 22.4 Å². The van der Waals surface area contributed by atoms with Crippen LogP contribution in [0, 0.1) is 0 Å². The summed E-state index contributed by atoms with van der Waals surface area (Å²) in [5, 5.41) is 3.82. The molecule has 1 saturated heterocycles. The standard InChI is InChI=1S/C11H20N4O4S/c1-8(2)10-12-11(19-13-10)9(3)14-20(16,17)15-4-6-18-7-5-15/h8-9,14H,4-7H2,1-3H3/t9-/m0/s1. The average molecular weight is 304 g/mol. The Morgan fingerprint density at radius 3 is 2.45 bits per heavy atom. The van der Waals surface area contributed by atoms with E-state index in [0.29, 0.717) is 32.1 Å². The first-order valence-corrected chi connectivity index (χ1v) is 8.03. The highest BCUT2D eigenvalue weighted by Crippen LogP contribution is 2.16. The van der Waals surface area contributed by atoms with Gasteiger partial charge < -0.3 is 9.26 Å². The fraction of sp³-hybridized carbons (Fsp3) is 0.818. The van der Waals surface area contributed by atoms with E-state index in [9.17, 15) is 8.42 Å². The molecule has 9 heteroatoms. The van der Waals surface area contributed by atoms with Crippen LogP contribution in [-0.2, 0) is 14.9 Å². The second-order valence-corrected chi connectivity index (χ2v) is 6.70. The van der Waals surface area contributed by atoms with E-state index in [-0.39, 0.29) is 11.8 Å². The molecule has 1 aromatic heterocycles. The molecule has 8 nitrogen and oxygen atoms in total. The Morgan fingerprint density at radius 2 is 1.90 bits per heavy atom. The van der Waals surface area contributed by atoms with Crippen molar-refractivity contribution in [1.29, 1.82) is 0 Å². The monoisotopic (exact) mass is 304 g/mol. The van der Waals surface area contributed by atoms with E-state index in [4.69, 9.17) is 9.26 Å². The van der Waals surface area contributed by atoms with Gasteiger partial charge in [0.05, 0.1) is 19.3 Å². The first-order chi connectivity index (χ1) is 9.40. The van der Waals surface area contributed by atoms with Crippen LogP contribution < -0.4 is 4.72 Å². The van der Waals surface area contributed by atoms with Crippen molar-refractivity contribution in [3.05, 3.63) is 11.7 Å². The van der Waals surface area contributed by atoms with Gasteiger partial charge in [-0.1, -0.05) is 19.0 Å². The summed E-state index contributed by atoms with van der Waals surface area (Å²) >= 11 is 0. The zero-order valence-corrected chi connectivity index (χ0v) is 12.7. The lowest BCUT2D eigenvalue weighted by molar-refractivity contribution is 0.0722. The Kier molecular flexibility index (Phi) is 4.74. The Labute approximate surface area is 118 Å². The largest absolute Gasteiger partial charge is 0.379 e. The van der Waals surface area contributed by atoms with Crippen LogP contribution in [-0.4, -0.2) is 49.2 Å². The second kappa shape index (κ2) is 6.17. The SMILES string of the molecule is CC(C)c1noc([C@H](C)NS(=O)(=O)N2CCOCC2)n1. The zero-order valence-electron chi connectivity index (χ0n) is 11.9. The molecule has 20 heavy (non-hydrogen) atoms. The molecule has 1 fully saturated rings. The summed E-state index contributed by atoms with van der Waals surface area (Å²) < 4.78 is 38.5. The third-order valence-electron chi connectivity index (χ3n) is 2.98. The van der Waals surface area contributed by atoms with Crippen molar-refractivity contribution in [1.82, 2.24) is 19.2 Å². The van der Waals surface area contributed by atoms with Gasteiger partial charge in [-0.3, -0.25) is 0 Å². The van der Waals surface area contributed by atoms with Crippen LogP contribution >= 0.6 is 0 Å². The lowest BCUT2D eigenvalue weighted by Gasteiger charge is -2.26. The molecule has 1 aliphatic heterocycles. The van der Waals surface area contributed by atoms with Gasteiger partial charge in [0.25, 0.3) is 10.2 Å². The van der Waals surface area contributed by atoms with E-state index in [1.807, 2.05) is 13.8 Å². The van der Waals surface area contributed by atoms with Crippen LogP contribution in [0.3, 0.4) is 0 Å². The average Bonchev–Trinajstić information content (AvgIpc) is 2.89. The molecule has 114 valence electrons. The minimum Gasteiger partial charge on any atom is -0.379 e. The second-order valence-electron chi connectivity index (χ2n) is 5.00. The maximum Gasteiger partial charge on any atom is 0.280 e. The van der Waals surface area contributed by atoms with Crippen molar-refractivity contribution in [2.24, 2.45) is 0 Å². The molecule has 0 unspecified atom stereocenters. The smallest absolute Gasteiger partial charge is 0.280 e. The Morgan fingerprint density at radius 1 is 1.25 bits per heavy atom. The van der Waals surface area contributed by atoms with Gasteiger partial charge in [0, 0.05) is 19.0 Å². The van der Waals surface area contributed by atoms with E-state index < -0.39 is 16.3 Å². The molecule has 0 amide bonds. The lowest BCUT2D eigenvalue weighted by Crippen LogP contribution is -2.47. The number of nitrogens with one attached hydrogen (secondary N) is 1. The minimum absolute atomic E-state index is 0.135. The fourth-order valence-electron chi connectivity index (χ4n) is 1.79. The highest BCUT2D eigenvalue weighted by molar-refractivity contribution is 7.87. The summed E-state index contributed by atoms with van der Waals surface area (Å²) in [6.07, 6.45) is 0. The number of hydrogen-bond donors (Lipinski definition) is 1. The van der Waals surface area contributed by atoms with Gasteiger partial charge in [-0.05, 0) is 6.92 Å². The van der Waals surface area contributed by atoms with Crippen LogP contribution in [0.25, 0.3) is 0 Å². The summed E-state index contributed by atoms with van der Waals surface area (Å²) in [4.78, 5) is 4.19. The highest BCUT2D eigenvalue weighted by atomic mass is 32.2. The molecule has 0 aliphatic carbocycles. The summed E-state index contributed by atoms with van der Waals surface area (Å²) in [6, 6.07) is -0.567. The van der Waals surface area contributed by atoms with Crippen molar-refractivity contribution in [3.8, 4) is 0 Å². The van der Waals surface area contributed by atoms with Gasteiger partial charge in [0.2, 0.25) is 5.89 Å². The predicted octanol–water partition coefficient (Wildman–Crippen LogP) is 0.421. The number of aromatic nitrogens is 2. The van der Waals surface area contributed by atoms with Gasteiger partial charge >= 0.3 is 0 Å². The quantitative estimate of drug-likeness (QED) is 0.846. The van der Waals surface area contributed by atoms with E-state index in [1.165, 1.54) is 4.31 Å². The first kappa shape index (κ1) is 15.4. The maximum atomic E-state index is 12.2. The molecular formula is C11H20N4O4S. The fourth-order valence-corrected chi connectivity index (χ4v) is 3.12. The third kappa shape index (κ3) is 3.54. The number of morpholine rings is 1. The molecule has 1 aliphatic rings. The van der Waals surface area contributed by atoms with Gasteiger partial charge in [0.15, 0.2) is 5.82 Å². The van der Waals surface area contributed by atoms with Gasteiger partial charge in [-0.25, -0.2) is 0 Å². The Balaban J connectivity index is 2.03. The van der Waals surface area contributed by atoms with Crippen molar-refractivity contribution < 1.29 is 17.7 Å². The number of hydrogen-bond acceptors (Lipinski definition) is 6. The maximum absolute atomic E-state index is 12.2. The van der Waals surface area contributed by atoms with Gasteiger partial charge in [-0.15, -0.1) is 0 Å². The molecule has 2 rings (SSSR count). The number of nitrogens with zero attached hydrogens (tertiary/aromatic N) is 3. The Hall–Kier alpha value is -1.03. The molecule has 1 atom stereocenters. The van der Waals surface area contributed by atoms with Crippen molar-refractivity contribution in [2.75, 3.05) is 26.3 Å². The number of rotatable bonds is 5. The van der Waals surface area contributed by atoms with E-state index in [0.717, 1.165) is 0 Å². The third-order valence-corrected chi connectivity index (χ3v) is 4.68. The van der Waals surface area contributed by atoms with Crippen molar-refractivity contribution in [3.63, 3.8) is 0 Å². The van der Waals surface area contributed by atoms with Crippen molar-refractivity contribution >= 4 is 10.2 Å². The molecule has 0 spiro atoms. The molecule has 0 bridgehead atoms. The molecule has 1 aromatic rings. The van der Waals surface area contributed by atoms with Crippen LogP contribution in [0.1, 0.15) is 44.4 Å². The lowest BCUT2D eigenvalue weighted by atomic mass is 10.2. The molecule has 0 aromatic carbocycles. The summed E-state index contributed by atoms with van der Waals surface area (Å²) in [6.45, 7) is 7.08. The van der Waals surface area contributed by atoms with Crippen LogP contribution in [0.5, 0.6) is 0 Å². The summed E-state index contributed by atoms with van der Waals surface area (Å²) in [5.74, 6) is 0.971. The normalized spacial score (nSPS) is 19.4. The molecule has 0 saturated carbocycles. The molecular weight excluding hydrogens is 284 g/mol.